The van der Waals surface area contributed by atoms with E-state index in [1.165, 1.54) is 7.11 Å². The number of halogens is 1. The van der Waals surface area contributed by atoms with Gasteiger partial charge in [-0.3, -0.25) is 0 Å². The first-order valence-corrected chi connectivity index (χ1v) is 11.6. The number of nitrogens with zero attached hydrogens (tertiary/aromatic N) is 5. The van der Waals surface area contributed by atoms with Gasteiger partial charge in [0.1, 0.15) is 23.4 Å². The normalized spacial score (nSPS) is 27.5. The molecule has 1 saturated heterocycles. The van der Waals surface area contributed by atoms with Gasteiger partial charge in [0.15, 0.2) is 22.1 Å². The predicted molar refractivity (Wildman–Crippen MR) is 111 cm³/mol. The number of hydrogen-bond donors (Lipinski definition) is 0. The summed E-state index contributed by atoms with van der Waals surface area (Å²) in [6.45, 7) is 5.68. The third kappa shape index (κ3) is 4.20. The second-order valence-electron chi connectivity index (χ2n) is 7.65. The van der Waals surface area contributed by atoms with Crippen molar-refractivity contribution >= 4 is 44.8 Å². The van der Waals surface area contributed by atoms with Crippen molar-refractivity contribution in [1.82, 2.24) is 25.0 Å². The van der Waals surface area contributed by atoms with Crippen LogP contribution in [-0.4, -0.2) is 74.5 Å². The number of methoxy groups -OCH3 is 1. The molecule has 2 aromatic heterocycles. The van der Waals surface area contributed by atoms with E-state index in [0.717, 1.165) is 12.2 Å². The molecule has 0 spiro atoms. The monoisotopic (exact) mass is 501 g/mol. The number of esters is 1. The molecule has 12 heteroatoms. The summed E-state index contributed by atoms with van der Waals surface area (Å²) in [5, 5.41) is 9.29. The highest BCUT2D eigenvalue weighted by molar-refractivity contribution is 9.10. The minimum absolute atomic E-state index is 0.148. The first-order chi connectivity index (χ1) is 14.3. The Labute approximate surface area is 186 Å². The molecule has 0 bridgehead atoms. The molecule has 0 N–H and O–H groups in total. The van der Waals surface area contributed by atoms with E-state index >= 15 is 0 Å². The van der Waals surface area contributed by atoms with Gasteiger partial charge in [0.2, 0.25) is 0 Å². The number of carbonyl (C=O) groups is 1. The van der Waals surface area contributed by atoms with Crippen LogP contribution in [0, 0.1) is 0 Å². The molecule has 1 saturated carbocycles. The van der Waals surface area contributed by atoms with E-state index in [2.05, 4.69) is 47.9 Å². The summed E-state index contributed by atoms with van der Waals surface area (Å²) in [6, 6.07) is -0.213. The maximum absolute atomic E-state index is 11.6. The van der Waals surface area contributed by atoms with E-state index in [1.54, 1.807) is 16.4 Å². The molecular weight excluding hydrogens is 478 g/mol. The molecule has 1 aliphatic carbocycles. The maximum atomic E-state index is 11.6. The Hall–Kier alpha value is -1.34. The Morgan fingerprint density at radius 3 is 2.83 bits per heavy atom. The van der Waals surface area contributed by atoms with Crippen molar-refractivity contribution in [3.8, 4) is 0 Å². The van der Waals surface area contributed by atoms with Crippen LogP contribution in [0.1, 0.15) is 39.7 Å². The molecule has 164 valence electrons. The van der Waals surface area contributed by atoms with Gasteiger partial charge in [-0.15, -0.1) is 5.10 Å². The average molecular weight is 502 g/mol. The van der Waals surface area contributed by atoms with Crippen LogP contribution in [0.4, 0.5) is 0 Å². The van der Waals surface area contributed by atoms with Crippen molar-refractivity contribution in [2.45, 2.75) is 68.9 Å². The molecule has 0 aromatic carbocycles. The highest BCUT2D eigenvalue weighted by Gasteiger charge is 2.56. The fraction of sp³-hybridized carbons (Fsp3) is 0.722. The summed E-state index contributed by atoms with van der Waals surface area (Å²) in [4.78, 5) is 20.7. The lowest BCUT2D eigenvalue weighted by molar-refractivity contribution is -0.173. The third-order valence-corrected chi connectivity index (χ3v) is 6.64. The average Bonchev–Trinajstić information content (AvgIpc) is 3.35. The number of hydrogen-bond acceptors (Lipinski definition) is 10. The number of aromatic nitrogens is 5. The van der Waals surface area contributed by atoms with Gasteiger partial charge in [-0.05, 0) is 36.2 Å². The molecular formula is C18H24BrN5O5S. The van der Waals surface area contributed by atoms with E-state index in [9.17, 15) is 4.79 Å². The van der Waals surface area contributed by atoms with Crippen LogP contribution >= 0.6 is 27.7 Å². The number of ether oxygens (including phenoxy) is 4. The largest absolute Gasteiger partial charge is 0.467 e. The number of carbonyl (C=O) groups excluding carboxylic acids is 1. The quantitative estimate of drug-likeness (QED) is 0.242. The lowest BCUT2D eigenvalue weighted by atomic mass is 10.2. The molecule has 1 aliphatic heterocycles. The first kappa shape index (κ1) is 21.9. The molecule has 4 atom stereocenters. The van der Waals surface area contributed by atoms with Crippen LogP contribution in [-0.2, 0) is 23.7 Å². The summed E-state index contributed by atoms with van der Waals surface area (Å²) >= 11 is 5.07. The van der Waals surface area contributed by atoms with Crippen molar-refractivity contribution in [3.63, 3.8) is 0 Å². The fourth-order valence-electron chi connectivity index (χ4n) is 3.80. The van der Waals surface area contributed by atoms with Crippen LogP contribution < -0.4 is 0 Å². The van der Waals surface area contributed by atoms with Crippen molar-refractivity contribution in [1.29, 1.82) is 0 Å². The van der Waals surface area contributed by atoms with Crippen molar-refractivity contribution in [3.05, 3.63) is 4.60 Å². The summed E-state index contributed by atoms with van der Waals surface area (Å²) in [7, 11) is 1.33. The van der Waals surface area contributed by atoms with Crippen molar-refractivity contribution in [2.75, 3.05) is 19.5 Å². The Morgan fingerprint density at radius 2 is 2.10 bits per heavy atom. The molecule has 3 heterocycles. The van der Waals surface area contributed by atoms with Crippen LogP contribution in [0.5, 0.6) is 0 Å². The van der Waals surface area contributed by atoms with Gasteiger partial charge in [-0.1, -0.05) is 23.9 Å². The zero-order valence-corrected chi connectivity index (χ0v) is 19.6. The SMILES string of the molecule is CCCSc1nc(Br)c2nnn([C@@H]3C[C@H](OCC(=O)OC)[C@H]4OC(C)(C)O[C@H]43)c2n1. The highest BCUT2D eigenvalue weighted by Crippen LogP contribution is 2.45. The topological polar surface area (TPSA) is 110 Å². The van der Waals surface area contributed by atoms with E-state index in [0.29, 0.717) is 27.3 Å². The molecule has 30 heavy (non-hydrogen) atoms. The minimum atomic E-state index is -0.769. The standard InChI is InChI=1S/C18H24BrN5O5S/c1-5-6-30-17-20-15(19)12-16(21-17)24(23-22-12)9-7-10(27-8-11(25)26-4)14-13(9)28-18(2,3)29-14/h9-10,13-14H,5-8H2,1-4H3/t9-,10+,13+,14-/m1/s1. The first-order valence-electron chi connectivity index (χ1n) is 9.78. The summed E-state index contributed by atoms with van der Waals surface area (Å²) in [5.41, 5.74) is 1.21. The van der Waals surface area contributed by atoms with Gasteiger partial charge in [0, 0.05) is 12.2 Å². The molecule has 2 aromatic rings. The van der Waals surface area contributed by atoms with Crippen LogP contribution in [0.25, 0.3) is 11.2 Å². The Morgan fingerprint density at radius 1 is 1.33 bits per heavy atom. The maximum Gasteiger partial charge on any atom is 0.331 e. The van der Waals surface area contributed by atoms with Crippen molar-refractivity contribution < 1.29 is 23.7 Å². The van der Waals surface area contributed by atoms with Crippen LogP contribution in [0.15, 0.2) is 9.76 Å². The van der Waals surface area contributed by atoms with E-state index < -0.39 is 11.8 Å². The molecule has 2 aliphatic rings. The second-order valence-corrected chi connectivity index (χ2v) is 9.46. The van der Waals surface area contributed by atoms with E-state index in [-0.39, 0.29) is 31.0 Å². The van der Waals surface area contributed by atoms with Crippen LogP contribution in [0.2, 0.25) is 0 Å². The predicted octanol–water partition coefficient (Wildman–Crippen LogP) is 2.51. The third-order valence-electron chi connectivity index (χ3n) is 5.04. The summed E-state index contributed by atoms with van der Waals surface area (Å²) in [5.74, 6) is -0.286. The number of rotatable bonds is 7. The molecule has 10 nitrogen and oxygen atoms in total. The van der Waals surface area contributed by atoms with E-state index in [1.807, 2.05) is 13.8 Å². The molecule has 0 radical (unpaired) electrons. The minimum Gasteiger partial charge on any atom is -0.467 e. The lowest BCUT2D eigenvalue weighted by Gasteiger charge is -2.23. The van der Waals surface area contributed by atoms with Crippen molar-refractivity contribution in [2.24, 2.45) is 0 Å². The fourth-order valence-corrected chi connectivity index (χ4v) is 5.04. The Balaban J connectivity index is 1.66. The number of thioether (sulfide) groups is 1. The highest BCUT2D eigenvalue weighted by atomic mass is 79.9. The zero-order chi connectivity index (χ0) is 21.5. The number of fused-ring (bicyclic) bond motifs is 2. The molecule has 0 amide bonds. The Bertz CT molecular complexity index is 941. The van der Waals surface area contributed by atoms with Gasteiger partial charge in [-0.2, -0.15) is 0 Å². The van der Waals surface area contributed by atoms with Gasteiger partial charge in [-0.25, -0.2) is 19.4 Å². The zero-order valence-electron chi connectivity index (χ0n) is 17.2. The van der Waals surface area contributed by atoms with Gasteiger partial charge < -0.3 is 18.9 Å². The molecule has 0 unspecified atom stereocenters. The van der Waals surface area contributed by atoms with Crippen LogP contribution in [0.3, 0.4) is 0 Å². The smallest absolute Gasteiger partial charge is 0.331 e. The molecule has 2 fully saturated rings. The Kier molecular flexibility index (Phi) is 6.31. The molecule has 4 rings (SSSR count). The van der Waals surface area contributed by atoms with Gasteiger partial charge in [0.25, 0.3) is 0 Å². The van der Waals surface area contributed by atoms with Gasteiger partial charge in [0.05, 0.1) is 19.3 Å². The lowest BCUT2D eigenvalue weighted by Crippen LogP contribution is -2.32. The van der Waals surface area contributed by atoms with E-state index in [4.69, 9.17) is 14.2 Å². The van der Waals surface area contributed by atoms with Gasteiger partial charge >= 0.3 is 5.97 Å². The summed E-state index contributed by atoms with van der Waals surface area (Å²) < 4.78 is 25.1. The summed E-state index contributed by atoms with van der Waals surface area (Å²) in [6.07, 6.45) is 0.563. The second kappa shape index (κ2) is 8.65.